The summed E-state index contributed by atoms with van der Waals surface area (Å²) in [6.07, 6.45) is 1.30. The number of hydrogen-bond acceptors (Lipinski definition) is 2. The second-order valence-corrected chi connectivity index (χ2v) is 4.46. The summed E-state index contributed by atoms with van der Waals surface area (Å²) in [4.78, 5) is 11.4. The van der Waals surface area contributed by atoms with Gasteiger partial charge in [-0.1, -0.05) is 32.9 Å². The van der Waals surface area contributed by atoms with Crippen LogP contribution in [-0.2, 0) is 4.79 Å². The molecular weight excluding hydrogens is 212 g/mol. The highest BCUT2D eigenvalue weighted by atomic mass is 16.5. The smallest absolute Gasteiger partial charge is 0.172 e. The van der Waals surface area contributed by atoms with Crippen LogP contribution in [0.1, 0.15) is 52.0 Å². The minimum absolute atomic E-state index is 0.135. The van der Waals surface area contributed by atoms with Gasteiger partial charge in [0.1, 0.15) is 5.75 Å². The summed E-state index contributed by atoms with van der Waals surface area (Å²) in [5.74, 6) is 1.47. The number of Topliss-reactive ketones (excluding diaryl/α,β-unsaturated/α-hetero) is 1. The molecule has 17 heavy (non-hydrogen) atoms. The van der Waals surface area contributed by atoms with Crippen molar-refractivity contribution in [2.75, 3.05) is 0 Å². The molecule has 94 valence electrons. The maximum atomic E-state index is 11.4. The zero-order valence-corrected chi connectivity index (χ0v) is 11.2. The van der Waals surface area contributed by atoms with Crippen LogP contribution in [-0.4, -0.2) is 11.9 Å². The highest BCUT2D eigenvalue weighted by Gasteiger charge is 2.12. The molecule has 1 aromatic rings. The molecule has 0 aliphatic rings. The van der Waals surface area contributed by atoms with Gasteiger partial charge in [-0.05, 0) is 37.0 Å². The Morgan fingerprint density at radius 2 is 1.76 bits per heavy atom. The summed E-state index contributed by atoms with van der Waals surface area (Å²) >= 11 is 0. The summed E-state index contributed by atoms with van der Waals surface area (Å²) in [7, 11) is 0. The van der Waals surface area contributed by atoms with Crippen LogP contribution in [0.15, 0.2) is 24.3 Å². The lowest BCUT2D eigenvalue weighted by atomic mass is 9.99. The van der Waals surface area contributed by atoms with Crippen molar-refractivity contribution in [3.8, 4) is 5.75 Å². The van der Waals surface area contributed by atoms with Crippen LogP contribution in [0.3, 0.4) is 0 Å². The minimum Gasteiger partial charge on any atom is -0.483 e. The molecular formula is C15H22O2. The van der Waals surface area contributed by atoms with E-state index in [1.807, 2.05) is 19.1 Å². The third-order valence-electron chi connectivity index (χ3n) is 3.18. The van der Waals surface area contributed by atoms with Gasteiger partial charge in [0.05, 0.1) is 0 Å². The Balaban J connectivity index is 2.65. The third kappa shape index (κ3) is 3.88. The first kappa shape index (κ1) is 13.8. The molecule has 0 radical (unpaired) electrons. The van der Waals surface area contributed by atoms with Gasteiger partial charge in [-0.15, -0.1) is 0 Å². The molecule has 0 heterocycles. The van der Waals surface area contributed by atoms with Gasteiger partial charge in [-0.25, -0.2) is 0 Å². The van der Waals surface area contributed by atoms with E-state index in [2.05, 4.69) is 26.0 Å². The summed E-state index contributed by atoms with van der Waals surface area (Å²) in [6, 6.07) is 8.04. The number of hydrogen-bond donors (Lipinski definition) is 0. The van der Waals surface area contributed by atoms with Crippen LogP contribution in [0.25, 0.3) is 0 Å². The molecule has 0 bridgehead atoms. The lowest BCUT2D eigenvalue weighted by Gasteiger charge is -2.14. The first-order valence-electron chi connectivity index (χ1n) is 6.37. The van der Waals surface area contributed by atoms with Gasteiger partial charge >= 0.3 is 0 Å². The van der Waals surface area contributed by atoms with Crippen molar-refractivity contribution in [1.29, 1.82) is 0 Å². The average molecular weight is 234 g/mol. The van der Waals surface area contributed by atoms with Crippen molar-refractivity contribution in [2.24, 2.45) is 0 Å². The first-order chi connectivity index (χ1) is 8.08. The van der Waals surface area contributed by atoms with E-state index >= 15 is 0 Å². The maximum absolute atomic E-state index is 11.4. The van der Waals surface area contributed by atoms with Crippen molar-refractivity contribution < 1.29 is 9.53 Å². The fourth-order valence-corrected chi connectivity index (χ4v) is 1.67. The molecule has 2 heteroatoms. The van der Waals surface area contributed by atoms with Crippen LogP contribution in [0.2, 0.25) is 0 Å². The number of carbonyl (C=O) groups excluding carboxylic acids is 1. The van der Waals surface area contributed by atoms with E-state index in [1.54, 1.807) is 6.92 Å². The monoisotopic (exact) mass is 234 g/mol. The van der Waals surface area contributed by atoms with Gasteiger partial charge in [0.2, 0.25) is 0 Å². The Hall–Kier alpha value is -1.31. The second-order valence-electron chi connectivity index (χ2n) is 4.46. The molecule has 0 fully saturated rings. The van der Waals surface area contributed by atoms with Gasteiger partial charge in [-0.3, -0.25) is 4.79 Å². The summed E-state index contributed by atoms with van der Waals surface area (Å²) in [5.41, 5.74) is 1.31. The van der Waals surface area contributed by atoms with Gasteiger partial charge in [0.25, 0.3) is 0 Å². The quantitative estimate of drug-likeness (QED) is 0.745. The van der Waals surface area contributed by atoms with Crippen LogP contribution in [0, 0.1) is 0 Å². The number of benzene rings is 1. The Morgan fingerprint density at radius 1 is 1.18 bits per heavy atom. The molecule has 1 aromatic carbocycles. The first-order valence-corrected chi connectivity index (χ1v) is 6.37. The minimum atomic E-state index is -0.352. The van der Waals surface area contributed by atoms with Crippen molar-refractivity contribution >= 4 is 5.78 Å². The lowest BCUT2D eigenvalue weighted by Crippen LogP contribution is -2.22. The van der Waals surface area contributed by atoms with Crippen LogP contribution >= 0.6 is 0 Å². The average Bonchev–Trinajstić information content (AvgIpc) is 2.37. The summed E-state index contributed by atoms with van der Waals surface area (Å²) in [5, 5.41) is 0. The number of ketones is 1. The highest BCUT2D eigenvalue weighted by molar-refractivity contribution is 5.82. The number of ether oxygens (including phenoxy) is 1. The number of carbonyl (C=O) groups is 1. The van der Waals surface area contributed by atoms with Gasteiger partial charge in [0.15, 0.2) is 11.9 Å². The molecule has 0 amide bonds. The molecule has 0 saturated carbocycles. The molecule has 0 aromatic heterocycles. The normalized spacial score (nSPS) is 14.1. The predicted octanol–water partition coefficient (Wildman–Crippen LogP) is 3.95. The highest BCUT2D eigenvalue weighted by Crippen LogP contribution is 2.22. The maximum Gasteiger partial charge on any atom is 0.172 e. The SMILES string of the molecule is CCC(=O)C(C)Oc1ccc(C(C)CC)cc1. The van der Waals surface area contributed by atoms with E-state index in [0.29, 0.717) is 12.3 Å². The molecule has 2 nitrogen and oxygen atoms in total. The molecule has 1 rings (SSSR count). The standard InChI is InChI=1S/C15H22O2/c1-5-11(3)13-7-9-14(10-8-13)17-12(4)15(16)6-2/h7-12H,5-6H2,1-4H3. The van der Waals surface area contributed by atoms with E-state index in [4.69, 9.17) is 4.74 Å². The van der Waals surface area contributed by atoms with Gasteiger partial charge in [-0.2, -0.15) is 0 Å². The molecule has 0 aliphatic carbocycles. The van der Waals surface area contributed by atoms with Crippen molar-refractivity contribution in [3.05, 3.63) is 29.8 Å². The summed E-state index contributed by atoms with van der Waals surface area (Å²) in [6.45, 7) is 8.04. The molecule has 0 N–H and O–H groups in total. The zero-order valence-electron chi connectivity index (χ0n) is 11.2. The lowest BCUT2D eigenvalue weighted by molar-refractivity contribution is -0.124. The molecule has 2 unspecified atom stereocenters. The fraction of sp³-hybridized carbons (Fsp3) is 0.533. The molecule has 0 aliphatic heterocycles. The topological polar surface area (TPSA) is 26.3 Å². The van der Waals surface area contributed by atoms with Crippen molar-refractivity contribution in [1.82, 2.24) is 0 Å². The Kier molecular flexibility index (Phi) is 5.20. The van der Waals surface area contributed by atoms with E-state index in [-0.39, 0.29) is 11.9 Å². The molecule has 2 atom stereocenters. The van der Waals surface area contributed by atoms with Gasteiger partial charge < -0.3 is 4.74 Å². The third-order valence-corrected chi connectivity index (χ3v) is 3.18. The van der Waals surface area contributed by atoms with E-state index in [0.717, 1.165) is 12.2 Å². The largest absolute Gasteiger partial charge is 0.483 e. The number of rotatable bonds is 6. The fourth-order valence-electron chi connectivity index (χ4n) is 1.67. The van der Waals surface area contributed by atoms with Crippen LogP contribution < -0.4 is 4.74 Å². The second kappa shape index (κ2) is 6.43. The Morgan fingerprint density at radius 3 is 2.24 bits per heavy atom. The van der Waals surface area contributed by atoms with Crippen molar-refractivity contribution in [3.63, 3.8) is 0 Å². The van der Waals surface area contributed by atoms with Crippen LogP contribution in [0.5, 0.6) is 5.75 Å². The van der Waals surface area contributed by atoms with E-state index in [9.17, 15) is 4.79 Å². The zero-order chi connectivity index (χ0) is 12.8. The van der Waals surface area contributed by atoms with Gasteiger partial charge in [0, 0.05) is 6.42 Å². The van der Waals surface area contributed by atoms with E-state index < -0.39 is 0 Å². The van der Waals surface area contributed by atoms with E-state index in [1.165, 1.54) is 5.56 Å². The predicted molar refractivity (Wildman–Crippen MR) is 70.5 cm³/mol. The Bertz CT molecular complexity index is 354. The Labute approximate surface area is 104 Å². The summed E-state index contributed by atoms with van der Waals surface area (Å²) < 4.78 is 5.59. The molecule has 0 saturated heterocycles. The molecule has 0 spiro atoms. The van der Waals surface area contributed by atoms with Crippen molar-refractivity contribution in [2.45, 2.75) is 52.6 Å². The van der Waals surface area contributed by atoms with Crippen LogP contribution in [0.4, 0.5) is 0 Å².